The molecule has 0 saturated heterocycles. The molecule has 0 aliphatic carbocycles. The summed E-state index contributed by atoms with van der Waals surface area (Å²) in [6, 6.07) is 7.42. The van der Waals surface area contributed by atoms with Crippen LogP contribution in [0.5, 0.6) is 0 Å². The largest absolute Gasteiger partial charge is 0.366 e. The first kappa shape index (κ1) is 11.7. The molecule has 1 amide bonds. The van der Waals surface area contributed by atoms with Crippen molar-refractivity contribution in [1.29, 1.82) is 0 Å². The van der Waals surface area contributed by atoms with Gasteiger partial charge in [0.15, 0.2) is 0 Å². The van der Waals surface area contributed by atoms with Gasteiger partial charge in [-0.15, -0.1) is 0 Å². The summed E-state index contributed by atoms with van der Waals surface area (Å²) >= 11 is 0. The fourth-order valence-corrected chi connectivity index (χ4v) is 1.37. The lowest BCUT2D eigenvalue weighted by Crippen LogP contribution is -2.16. The monoisotopic (exact) mass is 206 g/mol. The number of nitrogens with two attached hydrogens (primary N) is 1. The van der Waals surface area contributed by atoms with E-state index < -0.39 is 0 Å². The quantitative estimate of drug-likeness (QED) is 0.696. The third-order valence-electron chi connectivity index (χ3n) is 2.25. The van der Waals surface area contributed by atoms with Gasteiger partial charge in [0, 0.05) is 12.1 Å². The highest BCUT2D eigenvalue weighted by Gasteiger charge is 2.00. The Bertz CT molecular complexity index is 323. The zero-order chi connectivity index (χ0) is 11.1. The Balaban J connectivity index is 2.47. The van der Waals surface area contributed by atoms with Crippen LogP contribution in [0, 0.1) is 0 Å². The minimum atomic E-state index is -0.370. The van der Waals surface area contributed by atoms with Gasteiger partial charge >= 0.3 is 0 Å². The fourth-order valence-electron chi connectivity index (χ4n) is 1.37. The number of amides is 1. The van der Waals surface area contributed by atoms with Crippen LogP contribution in [-0.4, -0.2) is 12.5 Å². The first-order valence-corrected chi connectivity index (χ1v) is 5.33. The highest BCUT2D eigenvalue weighted by Crippen LogP contribution is 2.04. The summed E-state index contributed by atoms with van der Waals surface area (Å²) in [6.07, 6.45) is 2.36. The van der Waals surface area contributed by atoms with Crippen LogP contribution in [0.25, 0.3) is 0 Å². The molecule has 3 nitrogen and oxygen atoms in total. The van der Waals surface area contributed by atoms with Gasteiger partial charge in [-0.05, 0) is 30.7 Å². The van der Waals surface area contributed by atoms with E-state index in [4.69, 9.17) is 5.73 Å². The predicted octanol–water partition coefficient (Wildman–Crippen LogP) is 1.68. The molecular formula is C12H18N2O. The first-order chi connectivity index (χ1) is 7.24. The van der Waals surface area contributed by atoms with Crippen LogP contribution in [0.4, 0.5) is 0 Å². The molecule has 0 atom stereocenters. The molecule has 0 heterocycles. The zero-order valence-electron chi connectivity index (χ0n) is 9.12. The minimum Gasteiger partial charge on any atom is -0.366 e. The molecule has 3 heteroatoms. The second-order valence-electron chi connectivity index (χ2n) is 3.59. The van der Waals surface area contributed by atoms with Gasteiger partial charge < -0.3 is 11.1 Å². The van der Waals surface area contributed by atoms with E-state index in [1.165, 1.54) is 12.8 Å². The number of hydrogen-bond donors (Lipinski definition) is 2. The Morgan fingerprint density at radius 1 is 1.47 bits per heavy atom. The van der Waals surface area contributed by atoms with Crippen molar-refractivity contribution in [3.8, 4) is 0 Å². The van der Waals surface area contributed by atoms with Crippen LogP contribution in [-0.2, 0) is 6.54 Å². The van der Waals surface area contributed by atoms with Gasteiger partial charge in [-0.2, -0.15) is 0 Å². The molecule has 3 N–H and O–H groups in total. The number of benzene rings is 1. The van der Waals surface area contributed by atoms with Crippen LogP contribution in [0.15, 0.2) is 24.3 Å². The van der Waals surface area contributed by atoms with Crippen LogP contribution >= 0.6 is 0 Å². The molecule has 0 aliphatic heterocycles. The molecule has 0 aliphatic rings. The molecule has 82 valence electrons. The number of unbranched alkanes of at least 4 members (excludes halogenated alkanes) is 1. The Morgan fingerprint density at radius 3 is 2.93 bits per heavy atom. The topological polar surface area (TPSA) is 55.1 Å². The molecule has 0 fully saturated rings. The average Bonchev–Trinajstić information content (AvgIpc) is 2.25. The summed E-state index contributed by atoms with van der Waals surface area (Å²) in [5.41, 5.74) is 6.87. The van der Waals surface area contributed by atoms with E-state index in [9.17, 15) is 4.79 Å². The van der Waals surface area contributed by atoms with E-state index in [2.05, 4.69) is 12.2 Å². The number of carbonyl (C=O) groups excluding carboxylic acids is 1. The Labute approximate surface area is 90.7 Å². The summed E-state index contributed by atoms with van der Waals surface area (Å²) in [4.78, 5) is 10.9. The van der Waals surface area contributed by atoms with Crippen molar-refractivity contribution in [2.24, 2.45) is 5.73 Å². The van der Waals surface area contributed by atoms with Gasteiger partial charge in [0.05, 0.1) is 0 Å². The van der Waals surface area contributed by atoms with E-state index >= 15 is 0 Å². The number of hydrogen-bond acceptors (Lipinski definition) is 2. The number of nitrogens with one attached hydrogen (secondary N) is 1. The van der Waals surface area contributed by atoms with Crippen molar-refractivity contribution >= 4 is 5.91 Å². The number of rotatable bonds is 6. The number of primary amides is 1. The third-order valence-corrected chi connectivity index (χ3v) is 2.25. The molecule has 1 aromatic rings. The molecule has 0 aromatic heterocycles. The van der Waals surface area contributed by atoms with Crippen molar-refractivity contribution in [1.82, 2.24) is 5.32 Å². The van der Waals surface area contributed by atoms with Crippen molar-refractivity contribution < 1.29 is 4.79 Å². The fraction of sp³-hybridized carbons (Fsp3) is 0.417. The normalized spacial score (nSPS) is 10.2. The van der Waals surface area contributed by atoms with Crippen LogP contribution < -0.4 is 11.1 Å². The van der Waals surface area contributed by atoms with Crippen molar-refractivity contribution in [2.75, 3.05) is 6.54 Å². The molecule has 0 unspecified atom stereocenters. The van der Waals surface area contributed by atoms with Crippen LogP contribution in [0.3, 0.4) is 0 Å². The Morgan fingerprint density at radius 2 is 2.27 bits per heavy atom. The smallest absolute Gasteiger partial charge is 0.248 e. The molecule has 0 bridgehead atoms. The van der Waals surface area contributed by atoms with Gasteiger partial charge in [0.25, 0.3) is 0 Å². The maximum Gasteiger partial charge on any atom is 0.248 e. The first-order valence-electron chi connectivity index (χ1n) is 5.33. The van der Waals surface area contributed by atoms with E-state index in [1.54, 1.807) is 6.07 Å². The molecule has 0 radical (unpaired) electrons. The molecule has 0 spiro atoms. The summed E-state index contributed by atoms with van der Waals surface area (Å²) in [7, 11) is 0. The van der Waals surface area contributed by atoms with E-state index in [1.807, 2.05) is 18.2 Å². The molecule has 0 saturated carbocycles. The van der Waals surface area contributed by atoms with Gasteiger partial charge in [0.1, 0.15) is 0 Å². The summed E-state index contributed by atoms with van der Waals surface area (Å²) in [5.74, 6) is -0.370. The predicted molar refractivity (Wildman–Crippen MR) is 61.6 cm³/mol. The number of carbonyl (C=O) groups is 1. The van der Waals surface area contributed by atoms with Gasteiger partial charge in [-0.1, -0.05) is 25.5 Å². The summed E-state index contributed by atoms with van der Waals surface area (Å²) in [5, 5.41) is 3.32. The van der Waals surface area contributed by atoms with Gasteiger partial charge in [-0.25, -0.2) is 0 Å². The van der Waals surface area contributed by atoms with Crippen molar-refractivity contribution in [3.05, 3.63) is 35.4 Å². The van der Waals surface area contributed by atoms with E-state index in [0.717, 1.165) is 18.7 Å². The van der Waals surface area contributed by atoms with Gasteiger partial charge in [-0.3, -0.25) is 4.79 Å². The molecular weight excluding hydrogens is 188 g/mol. The van der Waals surface area contributed by atoms with E-state index in [-0.39, 0.29) is 5.91 Å². The maximum absolute atomic E-state index is 10.9. The second kappa shape index (κ2) is 6.19. The standard InChI is InChI=1S/C12H18N2O/c1-2-3-7-14-9-10-5-4-6-11(8-10)12(13)15/h4-6,8,14H,2-3,7,9H2,1H3,(H2,13,15). The van der Waals surface area contributed by atoms with Crippen molar-refractivity contribution in [2.45, 2.75) is 26.3 Å². The Hall–Kier alpha value is -1.35. The lowest BCUT2D eigenvalue weighted by atomic mass is 10.1. The minimum absolute atomic E-state index is 0.370. The van der Waals surface area contributed by atoms with Crippen molar-refractivity contribution in [3.63, 3.8) is 0 Å². The lowest BCUT2D eigenvalue weighted by Gasteiger charge is -2.04. The van der Waals surface area contributed by atoms with Crippen LogP contribution in [0.2, 0.25) is 0 Å². The second-order valence-corrected chi connectivity index (χ2v) is 3.59. The SMILES string of the molecule is CCCCNCc1cccc(C(N)=O)c1. The highest BCUT2D eigenvalue weighted by atomic mass is 16.1. The van der Waals surface area contributed by atoms with E-state index in [0.29, 0.717) is 5.56 Å². The summed E-state index contributed by atoms with van der Waals surface area (Å²) < 4.78 is 0. The highest BCUT2D eigenvalue weighted by molar-refractivity contribution is 5.92. The Kier molecular flexibility index (Phi) is 4.84. The molecule has 15 heavy (non-hydrogen) atoms. The third kappa shape index (κ3) is 4.13. The molecule has 1 aromatic carbocycles. The zero-order valence-corrected chi connectivity index (χ0v) is 9.12. The summed E-state index contributed by atoms with van der Waals surface area (Å²) in [6.45, 7) is 3.97. The van der Waals surface area contributed by atoms with Crippen LogP contribution in [0.1, 0.15) is 35.7 Å². The lowest BCUT2D eigenvalue weighted by molar-refractivity contribution is 0.1000. The maximum atomic E-state index is 10.9. The van der Waals surface area contributed by atoms with Gasteiger partial charge in [0.2, 0.25) is 5.91 Å². The average molecular weight is 206 g/mol. The molecule has 1 rings (SSSR count).